The van der Waals surface area contributed by atoms with E-state index < -0.39 is 0 Å². The van der Waals surface area contributed by atoms with Gasteiger partial charge in [0.1, 0.15) is 11.9 Å². The van der Waals surface area contributed by atoms with Crippen LogP contribution in [-0.2, 0) is 0 Å². The lowest BCUT2D eigenvalue weighted by molar-refractivity contribution is 0.207. The van der Waals surface area contributed by atoms with Crippen molar-refractivity contribution in [2.45, 2.75) is 25.9 Å². The zero-order valence-electron chi connectivity index (χ0n) is 10.8. The van der Waals surface area contributed by atoms with E-state index in [2.05, 4.69) is 0 Å². The minimum absolute atomic E-state index is 0.0814. The van der Waals surface area contributed by atoms with Crippen molar-refractivity contribution in [1.29, 1.82) is 5.41 Å². The molecule has 0 radical (unpaired) electrons. The third-order valence-electron chi connectivity index (χ3n) is 3.03. The van der Waals surface area contributed by atoms with Gasteiger partial charge in [-0.1, -0.05) is 42.8 Å². The van der Waals surface area contributed by atoms with Gasteiger partial charge < -0.3 is 10.5 Å². The molecule has 0 aromatic heterocycles. The summed E-state index contributed by atoms with van der Waals surface area (Å²) >= 11 is 6.17. The molecular weight excluding hydrogens is 260 g/mol. The van der Waals surface area contributed by atoms with E-state index in [0.717, 1.165) is 22.9 Å². The highest BCUT2D eigenvalue weighted by molar-refractivity contribution is 6.35. The molecule has 0 aliphatic heterocycles. The zero-order valence-corrected chi connectivity index (χ0v) is 11.6. The van der Waals surface area contributed by atoms with Crippen LogP contribution in [0.15, 0.2) is 36.4 Å². The summed E-state index contributed by atoms with van der Waals surface area (Å²) in [6.07, 6.45) is 1.16. The Balaban J connectivity index is 2.35. The summed E-state index contributed by atoms with van der Waals surface area (Å²) in [4.78, 5) is 0. The van der Waals surface area contributed by atoms with Crippen molar-refractivity contribution in [2.24, 2.45) is 5.73 Å². The third-order valence-corrected chi connectivity index (χ3v) is 3.36. The summed E-state index contributed by atoms with van der Waals surface area (Å²) in [5.41, 5.74) is 5.44. The largest absolute Gasteiger partial charge is 0.489 e. The summed E-state index contributed by atoms with van der Waals surface area (Å²) in [5, 5.41) is 10.0. The Hall–Kier alpha value is -1.74. The van der Waals surface area contributed by atoms with Gasteiger partial charge in [0.15, 0.2) is 0 Å². The van der Waals surface area contributed by atoms with Crippen molar-refractivity contribution >= 4 is 28.2 Å². The molecule has 2 rings (SSSR count). The average molecular weight is 277 g/mol. The molecule has 1 atom stereocenters. The average Bonchev–Trinajstić information content (AvgIpc) is 2.41. The van der Waals surface area contributed by atoms with Gasteiger partial charge in [-0.3, -0.25) is 5.41 Å². The second-order valence-corrected chi connectivity index (χ2v) is 4.88. The molecule has 0 saturated heterocycles. The van der Waals surface area contributed by atoms with E-state index in [-0.39, 0.29) is 11.9 Å². The first-order valence-corrected chi connectivity index (χ1v) is 6.66. The molecule has 0 bridgehead atoms. The highest BCUT2D eigenvalue weighted by Gasteiger charge is 2.12. The van der Waals surface area contributed by atoms with E-state index >= 15 is 0 Å². The van der Waals surface area contributed by atoms with Crippen molar-refractivity contribution in [3.63, 3.8) is 0 Å². The molecule has 3 nitrogen and oxygen atoms in total. The minimum atomic E-state index is -0.0814. The van der Waals surface area contributed by atoms with Crippen molar-refractivity contribution in [3.05, 3.63) is 41.4 Å². The fourth-order valence-corrected chi connectivity index (χ4v) is 2.26. The number of hydrogen-bond donors (Lipinski definition) is 2. The van der Waals surface area contributed by atoms with E-state index in [1.54, 1.807) is 0 Å². The molecule has 0 aliphatic carbocycles. The molecule has 4 heteroatoms. The Labute approximate surface area is 117 Å². The highest BCUT2D eigenvalue weighted by Crippen LogP contribution is 2.32. The normalized spacial score (nSPS) is 12.3. The highest BCUT2D eigenvalue weighted by atomic mass is 35.5. The fourth-order valence-electron chi connectivity index (χ4n) is 2.03. The quantitative estimate of drug-likeness (QED) is 0.641. The lowest BCUT2D eigenvalue weighted by atomic mass is 10.1. The monoisotopic (exact) mass is 276 g/mol. The molecule has 3 N–H and O–H groups in total. The molecule has 0 aliphatic rings. The van der Waals surface area contributed by atoms with Gasteiger partial charge in [0.2, 0.25) is 0 Å². The number of halogens is 1. The molecule has 2 aromatic carbocycles. The van der Waals surface area contributed by atoms with Gasteiger partial charge in [0.05, 0.1) is 5.84 Å². The van der Waals surface area contributed by atoms with Crippen LogP contribution in [0.1, 0.15) is 19.8 Å². The summed E-state index contributed by atoms with van der Waals surface area (Å²) < 4.78 is 5.96. The van der Waals surface area contributed by atoms with Crippen LogP contribution in [0.3, 0.4) is 0 Å². The van der Waals surface area contributed by atoms with E-state index in [0.29, 0.717) is 11.4 Å². The molecule has 2 aromatic rings. The van der Waals surface area contributed by atoms with Crippen LogP contribution >= 0.6 is 11.6 Å². The first-order chi connectivity index (χ1) is 9.11. The molecule has 0 saturated carbocycles. The zero-order chi connectivity index (χ0) is 13.8. The molecule has 0 amide bonds. The molecule has 100 valence electrons. The predicted octanol–water partition coefficient (Wildman–Crippen LogP) is 3.98. The number of nitrogens with one attached hydrogen (secondary N) is 1. The van der Waals surface area contributed by atoms with Crippen molar-refractivity contribution in [3.8, 4) is 5.75 Å². The maximum absolute atomic E-state index is 7.37. The predicted molar refractivity (Wildman–Crippen MR) is 80.2 cm³/mol. The summed E-state index contributed by atoms with van der Waals surface area (Å²) in [6.45, 7) is 2.02. The maximum Gasteiger partial charge on any atom is 0.127 e. The second-order valence-electron chi connectivity index (χ2n) is 4.47. The van der Waals surface area contributed by atoms with Crippen LogP contribution in [-0.4, -0.2) is 11.9 Å². The molecular formula is C15H17ClN2O. The smallest absolute Gasteiger partial charge is 0.127 e. The molecule has 0 spiro atoms. The van der Waals surface area contributed by atoms with Crippen LogP contribution in [0.4, 0.5) is 0 Å². The van der Waals surface area contributed by atoms with E-state index in [9.17, 15) is 0 Å². The Morgan fingerprint density at radius 2 is 1.95 bits per heavy atom. The summed E-state index contributed by atoms with van der Waals surface area (Å²) in [5.74, 6) is 0.929. The van der Waals surface area contributed by atoms with Gasteiger partial charge in [0, 0.05) is 22.2 Å². The van der Waals surface area contributed by atoms with E-state index in [1.807, 2.05) is 43.3 Å². The lowest BCUT2D eigenvalue weighted by Gasteiger charge is -2.18. The minimum Gasteiger partial charge on any atom is -0.489 e. The van der Waals surface area contributed by atoms with Crippen LogP contribution in [0.5, 0.6) is 5.75 Å². The Kier molecular flexibility index (Phi) is 4.27. The SMILES string of the molecule is CCC(CC(=N)N)Oc1ccc(Cl)c2ccccc12. The third kappa shape index (κ3) is 3.18. The van der Waals surface area contributed by atoms with E-state index in [4.69, 9.17) is 27.5 Å². The number of ether oxygens (including phenoxy) is 1. The Morgan fingerprint density at radius 1 is 1.26 bits per heavy atom. The number of amidine groups is 1. The van der Waals surface area contributed by atoms with Gasteiger partial charge in [-0.2, -0.15) is 0 Å². The number of benzene rings is 2. The first kappa shape index (κ1) is 13.7. The van der Waals surface area contributed by atoms with Crippen molar-refractivity contribution in [1.82, 2.24) is 0 Å². The number of hydrogen-bond acceptors (Lipinski definition) is 2. The molecule has 0 fully saturated rings. The summed E-state index contributed by atoms with van der Waals surface area (Å²) in [7, 11) is 0. The standard InChI is InChI=1S/C15H17ClN2O/c1-2-10(9-15(17)18)19-14-8-7-13(16)11-5-3-4-6-12(11)14/h3-8,10H,2,9H2,1H3,(H3,17,18). The summed E-state index contributed by atoms with van der Waals surface area (Å²) in [6, 6.07) is 11.6. The molecule has 0 heterocycles. The number of rotatable bonds is 5. The van der Waals surface area contributed by atoms with Crippen LogP contribution in [0.25, 0.3) is 10.8 Å². The first-order valence-electron chi connectivity index (χ1n) is 6.28. The van der Waals surface area contributed by atoms with Gasteiger partial charge in [-0.05, 0) is 18.6 Å². The topological polar surface area (TPSA) is 59.1 Å². The van der Waals surface area contributed by atoms with Crippen molar-refractivity contribution in [2.75, 3.05) is 0 Å². The second kappa shape index (κ2) is 5.93. The van der Waals surface area contributed by atoms with Crippen LogP contribution in [0, 0.1) is 5.41 Å². The van der Waals surface area contributed by atoms with E-state index in [1.165, 1.54) is 0 Å². The van der Waals surface area contributed by atoms with Gasteiger partial charge in [-0.15, -0.1) is 0 Å². The fraction of sp³-hybridized carbons (Fsp3) is 0.267. The van der Waals surface area contributed by atoms with Crippen molar-refractivity contribution < 1.29 is 4.74 Å². The van der Waals surface area contributed by atoms with Crippen LogP contribution in [0.2, 0.25) is 5.02 Å². The Bertz CT molecular complexity index is 598. The molecule has 1 unspecified atom stereocenters. The number of nitrogens with two attached hydrogens (primary N) is 1. The maximum atomic E-state index is 7.37. The van der Waals surface area contributed by atoms with Gasteiger partial charge >= 0.3 is 0 Å². The molecule has 19 heavy (non-hydrogen) atoms. The van der Waals surface area contributed by atoms with Gasteiger partial charge in [-0.25, -0.2) is 0 Å². The number of fused-ring (bicyclic) bond motifs is 1. The van der Waals surface area contributed by atoms with Gasteiger partial charge in [0.25, 0.3) is 0 Å². The lowest BCUT2D eigenvalue weighted by Crippen LogP contribution is -2.24. The Morgan fingerprint density at radius 3 is 2.58 bits per heavy atom. The van der Waals surface area contributed by atoms with Crippen LogP contribution < -0.4 is 10.5 Å².